The smallest absolute Gasteiger partial charge is 0.253 e. The van der Waals surface area contributed by atoms with Crippen LogP contribution in [0, 0.1) is 6.92 Å². The van der Waals surface area contributed by atoms with Crippen molar-refractivity contribution in [1.29, 1.82) is 0 Å². The summed E-state index contributed by atoms with van der Waals surface area (Å²) >= 11 is 0. The Hall–Kier alpha value is -3.19. The molecule has 0 unspecified atom stereocenters. The maximum atomic E-state index is 12.8. The van der Waals surface area contributed by atoms with Gasteiger partial charge in [-0.15, -0.1) is 0 Å². The SMILES string of the molecule is Cc1nc(COc2ccc(C(=O)N3CCN(CCc4ccccc4)CC3)cc2)no1. The summed E-state index contributed by atoms with van der Waals surface area (Å²) in [5.74, 6) is 1.74. The second-order valence-corrected chi connectivity index (χ2v) is 7.41. The van der Waals surface area contributed by atoms with Crippen LogP contribution in [-0.2, 0) is 13.0 Å². The van der Waals surface area contributed by atoms with Gasteiger partial charge in [0.25, 0.3) is 5.91 Å². The highest BCUT2D eigenvalue weighted by atomic mass is 16.5. The van der Waals surface area contributed by atoms with E-state index in [2.05, 4.69) is 39.3 Å². The van der Waals surface area contributed by atoms with E-state index in [4.69, 9.17) is 9.26 Å². The summed E-state index contributed by atoms with van der Waals surface area (Å²) in [4.78, 5) is 21.3. The molecular weight excluding hydrogens is 380 g/mol. The fourth-order valence-electron chi connectivity index (χ4n) is 3.53. The number of carbonyl (C=O) groups excluding carboxylic acids is 1. The van der Waals surface area contributed by atoms with Crippen molar-refractivity contribution in [3.8, 4) is 5.75 Å². The van der Waals surface area contributed by atoms with Crippen LogP contribution in [0.25, 0.3) is 0 Å². The van der Waals surface area contributed by atoms with Crippen molar-refractivity contribution >= 4 is 5.91 Å². The second-order valence-electron chi connectivity index (χ2n) is 7.41. The molecule has 0 aliphatic carbocycles. The summed E-state index contributed by atoms with van der Waals surface area (Å²) in [6, 6.07) is 17.7. The average molecular weight is 406 g/mol. The highest BCUT2D eigenvalue weighted by Gasteiger charge is 2.22. The van der Waals surface area contributed by atoms with E-state index >= 15 is 0 Å². The fraction of sp³-hybridized carbons (Fsp3) is 0.348. The van der Waals surface area contributed by atoms with E-state index in [9.17, 15) is 4.79 Å². The Morgan fingerprint density at radius 2 is 1.77 bits per heavy atom. The Morgan fingerprint density at radius 3 is 2.43 bits per heavy atom. The Bertz CT molecular complexity index is 948. The van der Waals surface area contributed by atoms with Crippen molar-refractivity contribution in [1.82, 2.24) is 19.9 Å². The summed E-state index contributed by atoms with van der Waals surface area (Å²) < 4.78 is 10.6. The Labute approximate surface area is 176 Å². The van der Waals surface area contributed by atoms with Crippen LogP contribution in [0.5, 0.6) is 5.75 Å². The lowest BCUT2D eigenvalue weighted by Crippen LogP contribution is -2.49. The summed E-state index contributed by atoms with van der Waals surface area (Å²) in [7, 11) is 0. The molecule has 2 aromatic carbocycles. The molecule has 0 bridgehead atoms. The Morgan fingerprint density at radius 1 is 1.03 bits per heavy atom. The van der Waals surface area contributed by atoms with Crippen molar-refractivity contribution in [2.24, 2.45) is 0 Å². The molecule has 0 radical (unpaired) electrons. The van der Waals surface area contributed by atoms with E-state index in [0.717, 1.165) is 39.1 Å². The number of piperazine rings is 1. The first-order valence-electron chi connectivity index (χ1n) is 10.2. The summed E-state index contributed by atoms with van der Waals surface area (Å²) in [5, 5.41) is 3.80. The van der Waals surface area contributed by atoms with Crippen LogP contribution in [0.4, 0.5) is 0 Å². The van der Waals surface area contributed by atoms with E-state index in [1.807, 2.05) is 11.0 Å². The molecular formula is C23H26N4O3. The number of ether oxygens (including phenoxy) is 1. The molecule has 1 saturated heterocycles. The van der Waals surface area contributed by atoms with Crippen LogP contribution >= 0.6 is 0 Å². The lowest BCUT2D eigenvalue weighted by molar-refractivity contribution is 0.0638. The van der Waals surface area contributed by atoms with Crippen LogP contribution in [0.15, 0.2) is 59.1 Å². The highest BCUT2D eigenvalue weighted by Crippen LogP contribution is 2.16. The van der Waals surface area contributed by atoms with Crippen LogP contribution < -0.4 is 4.74 Å². The van der Waals surface area contributed by atoms with Crippen molar-refractivity contribution < 1.29 is 14.1 Å². The zero-order valence-corrected chi connectivity index (χ0v) is 17.2. The van der Waals surface area contributed by atoms with Gasteiger partial charge in [0.05, 0.1) is 0 Å². The maximum absolute atomic E-state index is 12.8. The number of aromatic nitrogens is 2. The number of hydrogen-bond acceptors (Lipinski definition) is 6. The Balaban J connectivity index is 1.23. The van der Waals surface area contributed by atoms with E-state index in [-0.39, 0.29) is 12.5 Å². The number of benzene rings is 2. The zero-order valence-electron chi connectivity index (χ0n) is 17.2. The van der Waals surface area contributed by atoms with Crippen molar-refractivity contribution in [3.63, 3.8) is 0 Å². The molecule has 0 N–H and O–H groups in total. The van der Waals surface area contributed by atoms with Gasteiger partial charge >= 0.3 is 0 Å². The van der Waals surface area contributed by atoms with Gasteiger partial charge in [0.1, 0.15) is 5.75 Å². The third-order valence-electron chi connectivity index (χ3n) is 5.26. The van der Waals surface area contributed by atoms with Crippen molar-refractivity contribution in [2.75, 3.05) is 32.7 Å². The fourth-order valence-corrected chi connectivity index (χ4v) is 3.53. The van der Waals surface area contributed by atoms with E-state index in [1.54, 1.807) is 31.2 Å². The minimum absolute atomic E-state index is 0.0676. The van der Waals surface area contributed by atoms with Gasteiger partial charge in [-0.1, -0.05) is 35.5 Å². The molecule has 1 amide bonds. The summed E-state index contributed by atoms with van der Waals surface area (Å²) in [5.41, 5.74) is 2.03. The predicted octanol–water partition coefficient (Wildman–Crippen LogP) is 2.96. The second kappa shape index (κ2) is 9.54. The lowest BCUT2D eigenvalue weighted by atomic mass is 10.1. The van der Waals surface area contributed by atoms with Crippen molar-refractivity contribution in [2.45, 2.75) is 20.0 Å². The monoisotopic (exact) mass is 406 g/mol. The largest absolute Gasteiger partial charge is 0.485 e. The topological polar surface area (TPSA) is 71.7 Å². The number of rotatable bonds is 7. The first kappa shape index (κ1) is 20.1. The molecule has 4 rings (SSSR count). The number of hydrogen-bond donors (Lipinski definition) is 0. The molecule has 0 spiro atoms. The standard InChI is InChI=1S/C23H26N4O3/c1-18-24-22(25-30-18)17-29-21-9-7-20(8-10-21)23(28)27-15-13-26(14-16-27)12-11-19-5-3-2-4-6-19/h2-10H,11-17H2,1H3. The van der Waals surface area contributed by atoms with Gasteiger partial charge in [0, 0.05) is 45.2 Å². The lowest BCUT2D eigenvalue weighted by Gasteiger charge is -2.34. The summed E-state index contributed by atoms with van der Waals surface area (Å²) in [6.07, 6.45) is 1.04. The quantitative estimate of drug-likeness (QED) is 0.601. The van der Waals surface area contributed by atoms with E-state index < -0.39 is 0 Å². The van der Waals surface area contributed by atoms with Crippen LogP contribution in [0.2, 0.25) is 0 Å². The molecule has 1 aromatic heterocycles. The number of carbonyl (C=O) groups is 1. The molecule has 1 fully saturated rings. The molecule has 0 saturated carbocycles. The van der Waals surface area contributed by atoms with Crippen LogP contribution in [-0.4, -0.2) is 58.6 Å². The minimum Gasteiger partial charge on any atom is -0.485 e. The number of nitrogens with zero attached hydrogens (tertiary/aromatic N) is 4. The summed E-state index contributed by atoms with van der Waals surface area (Å²) in [6.45, 7) is 6.31. The molecule has 0 atom stereocenters. The van der Waals surface area contributed by atoms with Crippen LogP contribution in [0.3, 0.4) is 0 Å². The first-order chi connectivity index (χ1) is 14.7. The van der Waals surface area contributed by atoms with Gasteiger partial charge in [0.2, 0.25) is 11.7 Å². The molecule has 1 aliphatic rings. The zero-order chi connectivity index (χ0) is 20.8. The highest BCUT2D eigenvalue weighted by molar-refractivity contribution is 5.94. The number of aryl methyl sites for hydroxylation is 1. The molecule has 2 heterocycles. The molecule has 3 aromatic rings. The molecule has 30 heavy (non-hydrogen) atoms. The third kappa shape index (κ3) is 5.24. The van der Waals surface area contributed by atoms with Crippen LogP contribution in [0.1, 0.15) is 27.6 Å². The normalized spacial score (nSPS) is 14.6. The molecule has 7 nitrogen and oxygen atoms in total. The van der Waals surface area contributed by atoms with Gasteiger partial charge in [0.15, 0.2) is 6.61 Å². The van der Waals surface area contributed by atoms with Gasteiger partial charge in [-0.05, 0) is 36.2 Å². The predicted molar refractivity (Wildman–Crippen MR) is 112 cm³/mol. The maximum Gasteiger partial charge on any atom is 0.253 e. The van der Waals surface area contributed by atoms with Gasteiger partial charge in [-0.25, -0.2) is 0 Å². The first-order valence-corrected chi connectivity index (χ1v) is 10.2. The number of amides is 1. The van der Waals surface area contributed by atoms with Gasteiger partial charge in [-0.2, -0.15) is 4.98 Å². The van der Waals surface area contributed by atoms with Gasteiger partial charge < -0.3 is 14.2 Å². The minimum atomic E-state index is 0.0676. The average Bonchev–Trinajstić information content (AvgIpc) is 3.22. The molecule has 1 aliphatic heterocycles. The third-order valence-corrected chi connectivity index (χ3v) is 5.26. The van der Waals surface area contributed by atoms with Gasteiger partial charge in [-0.3, -0.25) is 9.69 Å². The molecule has 7 heteroatoms. The molecule has 156 valence electrons. The Kier molecular flexibility index (Phi) is 6.39. The van der Waals surface area contributed by atoms with E-state index in [1.165, 1.54) is 5.56 Å². The van der Waals surface area contributed by atoms with Crippen molar-refractivity contribution in [3.05, 3.63) is 77.4 Å². The van der Waals surface area contributed by atoms with E-state index in [0.29, 0.717) is 23.0 Å².